The molecule has 35 nitrogen and oxygen atoms in total. The third kappa shape index (κ3) is 43.5. The van der Waals surface area contributed by atoms with Crippen LogP contribution in [-0.4, -0.2) is 251 Å². The van der Waals surface area contributed by atoms with Crippen molar-refractivity contribution >= 4 is 89.2 Å². The van der Waals surface area contributed by atoms with E-state index in [9.17, 15) is 97.8 Å². The van der Waals surface area contributed by atoms with E-state index in [1.807, 2.05) is 0 Å². The van der Waals surface area contributed by atoms with Gasteiger partial charge in [0.15, 0.2) is 0 Å². The fourth-order valence-electron chi connectivity index (χ4n) is 9.79. The number of aliphatic carboxylic acids is 4. The Labute approximate surface area is 563 Å². The lowest BCUT2D eigenvalue weighted by atomic mass is 10.0. The minimum atomic E-state index is -1.96. The predicted molar refractivity (Wildman–Crippen MR) is 346 cm³/mol. The number of rotatable bonds is 60. The van der Waals surface area contributed by atoms with E-state index in [0.29, 0.717) is 25.1 Å². The molecule has 18 N–H and O–H groups in total. The number of carbonyl (C=O) groups is 14. The highest BCUT2D eigenvalue weighted by atomic mass is 16.5. The van der Waals surface area contributed by atoms with Gasteiger partial charge in [0.1, 0.15) is 48.9 Å². The van der Waals surface area contributed by atoms with E-state index in [1.54, 1.807) is 12.3 Å². The maximum absolute atomic E-state index is 13.9. The van der Waals surface area contributed by atoms with Crippen molar-refractivity contribution in [3.05, 3.63) is 11.8 Å². The van der Waals surface area contributed by atoms with E-state index in [4.69, 9.17) is 20.3 Å². The number of hydrogen-bond donors (Lipinski definition) is 17. The number of nitrogens with one attached hydrogen (secondary N) is 9. The summed E-state index contributed by atoms with van der Waals surface area (Å²) < 4.78 is 10.8. The summed E-state index contributed by atoms with van der Waals surface area (Å²) in [7, 11) is 0. The highest BCUT2D eigenvalue weighted by Crippen LogP contribution is 2.16. The van der Waals surface area contributed by atoms with Gasteiger partial charge in [0, 0.05) is 64.0 Å². The van der Waals surface area contributed by atoms with Crippen LogP contribution in [0.1, 0.15) is 167 Å². The summed E-state index contributed by atoms with van der Waals surface area (Å²) in [4.78, 5) is 181. The summed E-state index contributed by atoms with van der Waals surface area (Å²) in [5, 5.41) is 88.6. The molecule has 1 aliphatic heterocycles. The largest absolute Gasteiger partial charge is 0.481 e. The van der Waals surface area contributed by atoms with Gasteiger partial charge in [-0.25, -0.2) is 0 Å². The number of amides is 10. The van der Waals surface area contributed by atoms with Crippen LogP contribution in [0.5, 0.6) is 0 Å². The summed E-state index contributed by atoms with van der Waals surface area (Å²) in [6.45, 7) is -3.05. The number of carboxylic acid groups (broad SMARTS) is 4. The van der Waals surface area contributed by atoms with E-state index in [1.165, 1.54) is 32.1 Å². The predicted octanol–water partition coefficient (Wildman–Crippen LogP) is -2.51. The van der Waals surface area contributed by atoms with Gasteiger partial charge in [-0.2, -0.15) is 0 Å². The molecule has 0 unspecified atom stereocenters. The van der Waals surface area contributed by atoms with Gasteiger partial charge in [-0.05, 0) is 64.3 Å². The lowest BCUT2D eigenvalue weighted by molar-refractivity contribution is -0.142. The molecule has 0 radical (unpaired) electrons. The summed E-state index contributed by atoms with van der Waals surface area (Å²) in [5.41, 5.74) is 6.00. The summed E-state index contributed by atoms with van der Waals surface area (Å²) >= 11 is 0. The molecule has 7 atom stereocenters. The number of carboxylic acids is 4. The molecule has 1 aliphatic rings. The molecule has 0 aromatic carbocycles. The molecule has 0 bridgehead atoms. The quantitative estimate of drug-likeness (QED) is 0.0280. The molecule has 35 heteroatoms. The van der Waals surface area contributed by atoms with E-state index < -0.39 is 165 Å². The number of ether oxygens (including phenoxy) is 2. The molecule has 97 heavy (non-hydrogen) atoms. The molecule has 0 saturated carbocycles. The standard InChI is InChI=1S/C62H104N12O23/c1-41(78)67-46(34-42-20-19-28-64-42)59(92)72-47(37-75)60(93)69-44(22-16-18-30-74(35-54(85)86)36-55(87)88)57(90)71-49(39-77)62(95)73-48(38-76)61(94)70-45(25-26-53(83)84)58(91)68-43(56(63)89)21-15-17-27-65-51(80)40-97-33-32-96-31-29-66-50(79)23-13-11-9-7-5-3-2-4-6-8-10-12-14-24-52(81)82/h20,28,43-49,75-77H,2-19,21-27,29-40H2,1H3,(H2,63,89)(H,65,80)(H,66,79)(H,67,78)(H,68,91)(H,69,93)(H,70,94)(H,71,90)(H,72,92)(H,73,95)(H,81,82)(H,83,84)(H,85,86)(H,87,88)/t43-,44-,45-,46-,47-,48-,49-/m0/s1. The van der Waals surface area contributed by atoms with Crippen molar-refractivity contribution in [1.29, 1.82) is 0 Å². The maximum atomic E-state index is 13.9. The van der Waals surface area contributed by atoms with Crippen LogP contribution < -0.4 is 53.6 Å². The Bertz CT molecular complexity index is 2540. The Morgan fingerprint density at radius 2 is 0.876 bits per heavy atom. The second-order valence-corrected chi connectivity index (χ2v) is 23.3. The van der Waals surface area contributed by atoms with Gasteiger partial charge in [-0.1, -0.05) is 76.7 Å². The third-order valence-corrected chi connectivity index (χ3v) is 15.0. The first-order valence-corrected chi connectivity index (χ1v) is 33.0. The zero-order valence-electron chi connectivity index (χ0n) is 55.5. The van der Waals surface area contributed by atoms with Gasteiger partial charge in [0.05, 0.1) is 52.7 Å². The van der Waals surface area contributed by atoms with Gasteiger partial charge in [-0.15, -0.1) is 0 Å². The fraction of sp³-hybridized carbons (Fsp3) is 0.726. The lowest BCUT2D eigenvalue weighted by Gasteiger charge is -2.27. The minimum Gasteiger partial charge on any atom is -0.481 e. The van der Waals surface area contributed by atoms with Crippen LogP contribution in [0, 0.1) is 0 Å². The topological polar surface area (TPSA) is 549 Å². The molecule has 0 spiro atoms. The molecule has 0 fully saturated rings. The summed E-state index contributed by atoms with van der Waals surface area (Å²) in [6.07, 6.45) is 17.0. The zero-order valence-corrected chi connectivity index (χ0v) is 55.5. The van der Waals surface area contributed by atoms with Crippen LogP contribution >= 0.6 is 0 Å². The summed E-state index contributed by atoms with van der Waals surface area (Å²) in [6, 6.07) is -11.7. The molecule has 0 aromatic rings. The van der Waals surface area contributed by atoms with Crippen LogP contribution in [-0.2, 0) is 76.6 Å². The van der Waals surface area contributed by atoms with Crippen LogP contribution in [0.4, 0.5) is 0 Å². The zero-order chi connectivity index (χ0) is 72.3. The first-order chi connectivity index (χ1) is 46.3. The van der Waals surface area contributed by atoms with Crippen molar-refractivity contribution in [1.82, 2.24) is 52.8 Å². The summed E-state index contributed by atoms with van der Waals surface area (Å²) in [5.74, 6) is -13.9. The van der Waals surface area contributed by atoms with Gasteiger partial charge in [0.2, 0.25) is 59.1 Å². The SMILES string of the molecule is CC(=O)N[C@@H](CC1=CCC=N1)C(=O)N[C@@H](CO)C(=O)N[C@@H](CCCCN(CC(=O)O)CC(=O)O)C(=O)N[C@@H](CO)C(=O)N[C@@H](CO)C(=O)N[C@@H](CCC(=O)O)C(=O)N[C@@H](CCCCNC(=O)COCCOCCNC(=O)CCCCCCCCCCCCCCCC(=O)O)C(N)=O. The Kier molecular flexibility index (Phi) is 47.3. The maximum Gasteiger partial charge on any atom is 0.317 e. The Morgan fingerprint density at radius 1 is 0.454 bits per heavy atom. The number of aliphatic hydroxyl groups excluding tert-OH is 3. The van der Waals surface area contributed by atoms with Crippen molar-refractivity contribution in [2.24, 2.45) is 10.7 Å². The molecule has 0 aromatic heterocycles. The average Bonchev–Trinajstić information content (AvgIpc) is 1.88. The Balaban J connectivity index is 2.75. The number of nitrogens with two attached hydrogens (primary N) is 1. The van der Waals surface area contributed by atoms with E-state index in [0.717, 1.165) is 63.2 Å². The van der Waals surface area contributed by atoms with Crippen LogP contribution in [0.15, 0.2) is 16.8 Å². The molecule has 1 rings (SSSR count). The van der Waals surface area contributed by atoms with Crippen molar-refractivity contribution in [3.8, 4) is 0 Å². The van der Waals surface area contributed by atoms with E-state index in [-0.39, 0.29) is 96.8 Å². The van der Waals surface area contributed by atoms with Crippen molar-refractivity contribution < 1.29 is 112 Å². The third-order valence-electron chi connectivity index (χ3n) is 15.0. The number of unbranched alkanes of at least 4 members (excludes halogenated alkanes) is 14. The van der Waals surface area contributed by atoms with Crippen molar-refractivity contribution in [2.75, 3.05) is 79.0 Å². The van der Waals surface area contributed by atoms with Crippen molar-refractivity contribution in [2.45, 2.75) is 210 Å². The smallest absolute Gasteiger partial charge is 0.317 e. The fourth-order valence-corrected chi connectivity index (χ4v) is 9.79. The Morgan fingerprint density at radius 3 is 1.34 bits per heavy atom. The highest BCUT2D eigenvalue weighted by Gasteiger charge is 2.34. The molecule has 0 aliphatic carbocycles. The number of nitrogens with zero attached hydrogens (tertiary/aromatic N) is 2. The van der Waals surface area contributed by atoms with Crippen LogP contribution in [0.3, 0.4) is 0 Å². The second kappa shape index (κ2) is 52.9. The van der Waals surface area contributed by atoms with Crippen LogP contribution in [0.2, 0.25) is 0 Å². The first-order valence-electron chi connectivity index (χ1n) is 33.0. The molecule has 550 valence electrons. The molecule has 1 heterocycles. The molecule has 0 saturated heterocycles. The monoisotopic (exact) mass is 1380 g/mol. The minimum absolute atomic E-state index is 0.0282. The number of aliphatic imine (C=N–C) groups is 1. The first kappa shape index (κ1) is 86.8. The Hall–Kier alpha value is -8.25. The van der Waals surface area contributed by atoms with Crippen molar-refractivity contribution in [3.63, 3.8) is 0 Å². The van der Waals surface area contributed by atoms with E-state index in [2.05, 4.69) is 52.8 Å². The molecular formula is C62H104N12O23. The number of allylic oxidation sites excluding steroid dienone is 1. The van der Waals surface area contributed by atoms with E-state index >= 15 is 0 Å². The second-order valence-electron chi connectivity index (χ2n) is 23.3. The van der Waals surface area contributed by atoms with Gasteiger partial charge < -0.3 is 98.8 Å². The van der Waals surface area contributed by atoms with Gasteiger partial charge in [0.25, 0.3) is 0 Å². The lowest BCUT2D eigenvalue weighted by Crippen LogP contribution is -2.61. The van der Waals surface area contributed by atoms with Gasteiger partial charge in [-0.3, -0.25) is 77.0 Å². The number of primary amides is 1. The molecule has 10 amide bonds. The number of hydrogen-bond acceptors (Lipinski definition) is 21. The van der Waals surface area contributed by atoms with Gasteiger partial charge >= 0.3 is 23.9 Å². The average molecular weight is 1390 g/mol. The number of aliphatic hydroxyl groups is 3. The number of carbonyl (C=O) groups excluding carboxylic acids is 10. The van der Waals surface area contributed by atoms with Crippen LogP contribution in [0.25, 0.3) is 0 Å². The molecular weight excluding hydrogens is 1280 g/mol. The normalized spacial score (nSPS) is 13.8. The highest BCUT2D eigenvalue weighted by molar-refractivity contribution is 5.98.